The van der Waals surface area contributed by atoms with Crippen LogP contribution in [-0.4, -0.2) is 40.2 Å². The molecule has 0 bridgehead atoms. The van der Waals surface area contributed by atoms with Crippen LogP contribution in [0.5, 0.6) is 0 Å². The summed E-state index contributed by atoms with van der Waals surface area (Å²) in [7, 11) is 2.15. The standard InChI is InChI=1S/C21H29FN4O/c1-15-20(16(2)26(24-15)19-9-7-17(22)8-10-19)14-23-21(27)12-11-18-6-4-5-13-25(18)3/h7-10,18H,4-6,11-14H2,1-3H3,(H,23,27)/t18-/m1/s1. The number of amides is 1. The van der Waals surface area contributed by atoms with Crippen molar-refractivity contribution in [3.05, 3.63) is 47.0 Å². The number of benzene rings is 1. The van der Waals surface area contributed by atoms with Crippen molar-refractivity contribution in [2.45, 2.75) is 58.5 Å². The van der Waals surface area contributed by atoms with Gasteiger partial charge < -0.3 is 10.2 Å². The smallest absolute Gasteiger partial charge is 0.220 e. The quantitative estimate of drug-likeness (QED) is 0.844. The SMILES string of the molecule is Cc1nn(-c2ccc(F)cc2)c(C)c1CNC(=O)CC[C@H]1CCCCN1C. The van der Waals surface area contributed by atoms with Crippen molar-refractivity contribution < 1.29 is 9.18 Å². The summed E-state index contributed by atoms with van der Waals surface area (Å²) in [5.74, 6) is -0.182. The van der Waals surface area contributed by atoms with Crippen molar-refractivity contribution in [3.63, 3.8) is 0 Å². The molecular formula is C21H29FN4O. The molecule has 2 aromatic rings. The first-order valence-electron chi connectivity index (χ1n) is 9.73. The number of piperidine rings is 1. The summed E-state index contributed by atoms with van der Waals surface area (Å²) >= 11 is 0. The molecule has 1 atom stereocenters. The molecule has 3 rings (SSSR count). The summed E-state index contributed by atoms with van der Waals surface area (Å²) in [6.45, 7) is 5.51. The predicted octanol–water partition coefficient (Wildman–Crippen LogP) is 3.51. The minimum Gasteiger partial charge on any atom is -0.352 e. The molecule has 5 nitrogen and oxygen atoms in total. The Balaban J connectivity index is 1.57. The molecule has 0 unspecified atom stereocenters. The Hall–Kier alpha value is -2.21. The van der Waals surface area contributed by atoms with Gasteiger partial charge >= 0.3 is 0 Å². The van der Waals surface area contributed by atoms with Crippen molar-refractivity contribution in [2.24, 2.45) is 0 Å². The van der Waals surface area contributed by atoms with Gasteiger partial charge in [0.1, 0.15) is 5.82 Å². The molecule has 1 aromatic carbocycles. The Labute approximate surface area is 160 Å². The molecule has 0 aliphatic carbocycles. The van der Waals surface area contributed by atoms with Gasteiger partial charge in [-0.05, 0) is 71.0 Å². The molecule has 146 valence electrons. The van der Waals surface area contributed by atoms with Gasteiger partial charge in [-0.15, -0.1) is 0 Å². The van der Waals surface area contributed by atoms with Gasteiger partial charge in [-0.1, -0.05) is 6.42 Å². The number of likely N-dealkylation sites (tertiary alicyclic amines) is 1. The Morgan fingerprint density at radius 2 is 2.00 bits per heavy atom. The van der Waals surface area contributed by atoms with E-state index in [9.17, 15) is 9.18 Å². The maximum Gasteiger partial charge on any atom is 0.220 e. The Kier molecular flexibility index (Phi) is 6.26. The maximum atomic E-state index is 13.1. The minimum atomic E-state index is -0.267. The monoisotopic (exact) mass is 372 g/mol. The van der Waals surface area contributed by atoms with E-state index in [1.54, 1.807) is 16.8 Å². The van der Waals surface area contributed by atoms with Crippen molar-refractivity contribution in [2.75, 3.05) is 13.6 Å². The molecule has 1 aliphatic heterocycles. The second kappa shape index (κ2) is 8.65. The molecule has 1 aliphatic rings. The summed E-state index contributed by atoms with van der Waals surface area (Å²) in [4.78, 5) is 14.7. The van der Waals surface area contributed by atoms with Crippen molar-refractivity contribution >= 4 is 5.91 Å². The van der Waals surface area contributed by atoms with Crippen LogP contribution in [0.2, 0.25) is 0 Å². The van der Waals surface area contributed by atoms with Crippen LogP contribution < -0.4 is 5.32 Å². The van der Waals surface area contributed by atoms with Crippen molar-refractivity contribution in [3.8, 4) is 5.69 Å². The lowest BCUT2D eigenvalue weighted by atomic mass is 9.98. The fourth-order valence-electron chi connectivity index (χ4n) is 3.85. The van der Waals surface area contributed by atoms with E-state index < -0.39 is 0 Å². The van der Waals surface area contributed by atoms with Crippen LogP contribution in [0.25, 0.3) is 5.69 Å². The highest BCUT2D eigenvalue weighted by Gasteiger charge is 2.20. The fraction of sp³-hybridized carbons (Fsp3) is 0.524. The van der Waals surface area contributed by atoms with E-state index in [2.05, 4.69) is 22.4 Å². The van der Waals surface area contributed by atoms with Crippen LogP contribution in [0.15, 0.2) is 24.3 Å². The Bertz CT molecular complexity index is 784. The molecule has 27 heavy (non-hydrogen) atoms. The van der Waals surface area contributed by atoms with E-state index in [1.807, 2.05) is 13.8 Å². The normalized spacial score (nSPS) is 17.9. The third kappa shape index (κ3) is 4.75. The number of hydrogen-bond acceptors (Lipinski definition) is 3. The van der Waals surface area contributed by atoms with E-state index in [-0.39, 0.29) is 11.7 Å². The number of halogens is 1. The zero-order chi connectivity index (χ0) is 19.4. The van der Waals surface area contributed by atoms with Crippen LogP contribution in [0.3, 0.4) is 0 Å². The van der Waals surface area contributed by atoms with E-state index in [1.165, 1.54) is 31.4 Å². The van der Waals surface area contributed by atoms with Gasteiger partial charge in [0.05, 0.1) is 11.4 Å². The van der Waals surface area contributed by atoms with Crippen LogP contribution in [0.4, 0.5) is 4.39 Å². The number of aryl methyl sites for hydroxylation is 1. The van der Waals surface area contributed by atoms with E-state index in [0.717, 1.165) is 35.6 Å². The summed E-state index contributed by atoms with van der Waals surface area (Å²) in [5.41, 5.74) is 3.67. The van der Waals surface area contributed by atoms with Gasteiger partial charge in [-0.25, -0.2) is 9.07 Å². The molecule has 6 heteroatoms. The second-order valence-electron chi connectivity index (χ2n) is 7.48. The molecule has 1 aromatic heterocycles. The first kappa shape index (κ1) is 19.5. The third-order valence-corrected chi connectivity index (χ3v) is 5.60. The molecule has 2 heterocycles. The average molecular weight is 372 g/mol. The topological polar surface area (TPSA) is 50.2 Å². The second-order valence-corrected chi connectivity index (χ2v) is 7.48. The first-order chi connectivity index (χ1) is 13.0. The zero-order valence-corrected chi connectivity index (χ0v) is 16.5. The van der Waals surface area contributed by atoms with Gasteiger partial charge in [0.2, 0.25) is 5.91 Å². The van der Waals surface area contributed by atoms with E-state index >= 15 is 0 Å². The number of carbonyl (C=O) groups excluding carboxylic acids is 1. The maximum absolute atomic E-state index is 13.1. The van der Waals surface area contributed by atoms with Gasteiger partial charge in [0.15, 0.2) is 0 Å². The lowest BCUT2D eigenvalue weighted by molar-refractivity contribution is -0.121. The average Bonchev–Trinajstić information content (AvgIpc) is 2.94. The number of aromatic nitrogens is 2. The van der Waals surface area contributed by atoms with Crippen LogP contribution in [0.1, 0.15) is 49.1 Å². The molecule has 1 saturated heterocycles. The minimum absolute atomic E-state index is 0.0855. The van der Waals surface area contributed by atoms with Gasteiger partial charge in [0, 0.05) is 30.3 Å². The van der Waals surface area contributed by atoms with Gasteiger partial charge in [0.25, 0.3) is 0 Å². The molecule has 1 N–H and O–H groups in total. The fourth-order valence-corrected chi connectivity index (χ4v) is 3.85. The molecule has 0 radical (unpaired) electrons. The number of hydrogen-bond donors (Lipinski definition) is 1. The van der Waals surface area contributed by atoms with Crippen LogP contribution in [0, 0.1) is 19.7 Å². The number of nitrogens with one attached hydrogen (secondary N) is 1. The summed E-state index contributed by atoms with van der Waals surface area (Å²) in [6.07, 6.45) is 5.17. The number of nitrogens with zero attached hydrogens (tertiary/aromatic N) is 3. The summed E-state index contributed by atoms with van der Waals surface area (Å²) < 4.78 is 14.9. The summed E-state index contributed by atoms with van der Waals surface area (Å²) in [6, 6.07) is 6.79. The Morgan fingerprint density at radius 3 is 2.70 bits per heavy atom. The highest BCUT2D eigenvalue weighted by atomic mass is 19.1. The van der Waals surface area contributed by atoms with Crippen LogP contribution >= 0.6 is 0 Å². The number of carbonyl (C=O) groups is 1. The van der Waals surface area contributed by atoms with Crippen molar-refractivity contribution in [1.82, 2.24) is 20.0 Å². The van der Waals surface area contributed by atoms with E-state index in [0.29, 0.717) is 19.0 Å². The molecule has 0 saturated carbocycles. The zero-order valence-electron chi connectivity index (χ0n) is 16.5. The molecule has 1 amide bonds. The predicted molar refractivity (Wildman–Crippen MR) is 104 cm³/mol. The summed E-state index contributed by atoms with van der Waals surface area (Å²) in [5, 5.41) is 7.59. The highest BCUT2D eigenvalue weighted by molar-refractivity contribution is 5.75. The molecular weight excluding hydrogens is 343 g/mol. The highest BCUT2D eigenvalue weighted by Crippen LogP contribution is 2.20. The molecule has 0 spiro atoms. The number of rotatable bonds is 6. The van der Waals surface area contributed by atoms with Gasteiger partial charge in [-0.3, -0.25) is 4.79 Å². The van der Waals surface area contributed by atoms with E-state index in [4.69, 9.17) is 0 Å². The van der Waals surface area contributed by atoms with Crippen molar-refractivity contribution in [1.29, 1.82) is 0 Å². The Morgan fingerprint density at radius 1 is 1.26 bits per heavy atom. The third-order valence-electron chi connectivity index (χ3n) is 5.60. The molecule has 1 fully saturated rings. The largest absolute Gasteiger partial charge is 0.352 e. The lowest BCUT2D eigenvalue weighted by Gasteiger charge is -2.32. The lowest BCUT2D eigenvalue weighted by Crippen LogP contribution is -2.37. The van der Waals surface area contributed by atoms with Gasteiger partial charge in [-0.2, -0.15) is 5.10 Å². The first-order valence-corrected chi connectivity index (χ1v) is 9.73. The van der Waals surface area contributed by atoms with Crippen LogP contribution in [-0.2, 0) is 11.3 Å².